The molecule has 0 bridgehead atoms. The van der Waals surface area contributed by atoms with Gasteiger partial charge in [-0.15, -0.1) is 0 Å². The number of amides is 1. The van der Waals surface area contributed by atoms with E-state index in [2.05, 4.69) is 26.7 Å². The molecule has 9 nitrogen and oxygen atoms in total. The second-order valence-corrected chi connectivity index (χ2v) is 9.16. The van der Waals surface area contributed by atoms with Crippen molar-refractivity contribution in [2.75, 3.05) is 11.9 Å². The quantitative estimate of drug-likeness (QED) is 0.420. The molecule has 4 rings (SSSR count). The number of hydrogen-bond acceptors (Lipinski definition) is 7. The van der Waals surface area contributed by atoms with Crippen LogP contribution in [-0.4, -0.2) is 61.1 Å². The Hall–Kier alpha value is -3.55. The Morgan fingerprint density at radius 1 is 1.35 bits per heavy atom. The first-order valence-corrected chi connectivity index (χ1v) is 11.1. The molecule has 178 valence electrons. The first-order chi connectivity index (χ1) is 16.2. The summed E-state index contributed by atoms with van der Waals surface area (Å²) in [6.45, 7) is 2.33. The highest BCUT2D eigenvalue weighted by atomic mass is 19.1. The molecule has 1 saturated carbocycles. The number of aromatic nitrogens is 3. The van der Waals surface area contributed by atoms with Crippen molar-refractivity contribution in [3.05, 3.63) is 47.9 Å². The molecule has 0 saturated heterocycles. The van der Waals surface area contributed by atoms with Gasteiger partial charge >= 0.3 is 0 Å². The molecule has 1 amide bonds. The average Bonchev–Trinajstić information content (AvgIpc) is 3.41. The highest BCUT2D eigenvalue weighted by molar-refractivity contribution is 5.99. The summed E-state index contributed by atoms with van der Waals surface area (Å²) in [4.78, 5) is 21.7. The number of carbonyl (C=O) groups is 1. The highest BCUT2D eigenvalue weighted by Crippen LogP contribution is 2.27. The smallest absolute Gasteiger partial charge is 0.255 e. The highest BCUT2D eigenvalue weighted by Gasteiger charge is 2.28. The van der Waals surface area contributed by atoms with Crippen LogP contribution in [0.1, 0.15) is 49.0 Å². The molecule has 4 N–H and O–H groups in total. The molecule has 1 aliphatic carbocycles. The summed E-state index contributed by atoms with van der Waals surface area (Å²) in [5.74, 6) is -0.0224. The number of carbonyl (C=O) groups excluding carboxylic acids is 1. The Balaban J connectivity index is 1.66. The number of nitriles is 1. The van der Waals surface area contributed by atoms with Crippen LogP contribution in [0.5, 0.6) is 0 Å². The van der Waals surface area contributed by atoms with Crippen molar-refractivity contribution in [2.45, 2.75) is 57.0 Å². The maximum Gasteiger partial charge on any atom is 0.255 e. The topological polar surface area (TPSA) is 136 Å². The zero-order chi connectivity index (χ0) is 24.5. The number of aliphatic hydroxyl groups excluding tert-OH is 1. The molecule has 0 radical (unpaired) electrons. The lowest BCUT2D eigenvalue weighted by Gasteiger charge is -2.23. The van der Waals surface area contributed by atoms with Gasteiger partial charge in [0.05, 0.1) is 35.1 Å². The van der Waals surface area contributed by atoms with E-state index in [-0.39, 0.29) is 18.2 Å². The van der Waals surface area contributed by atoms with E-state index in [1.165, 1.54) is 26.2 Å². The lowest BCUT2D eigenvalue weighted by molar-refractivity contribution is -0.00177. The van der Waals surface area contributed by atoms with Crippen molar-refractivity contribution in [1.82, 2.24) is 19.9 Å². The van der Waals surface area contributed by atoms with Crippen LogP contribution >= 0.6 is 0 Å². The van der Waals surface area contributed by atoms with E-state index >= 15 is 0 Å². The number of fused-ring (bicyclic) bond motifs is 1. The van der Waals surface area contributed by atoms with E-state index in [1.807, 2.05) is 6.07 Å². The van der Waals surface area contributed by atoms with Gasteiger partial charge < -0.3 is 20.8 Å². The van der Waals surface area contributed by atoms with Crippen molar-refractivity contribution in [3.63, 3.8) is 0 Å². The van der Waals surface area contributed by atoms with E-state index in [1.54, 1.807) is 22.9 Å². The second kappa shape index (κ2) is 9.37. The third-order valence-corrected chi connectivity index (χ3v) is 6.01. The third-order valence-electron chi connectivity index (χ3n) is 6.01. The Labute approximate surface area is 196 Å². The molecule has 3 atom stereocenters. The van der Waals surface area contributed by atoms with Crippen molar-refractivity contribution in [3.8, 4) is 11.9 Å². The van der Waals surface area contributed by atoms with Gasteiger partial charge in [0, 0.05) is 36.1 Å². The molecule has 10 heteroatoms. The van der Waals surface area contributed by atoms with Crippen LogP contribution in [0.2, 0.25) is 0 Å². The number of nitrogens with zero attached hydrogens (tertiary/aromatic N) is 4. The first kappa shape index (κ1) is 23.6. The molecule has 3 aromatic rings. The Bertz CT molecular complexity index is 1250. The number of aliphatic hydroxyl groups is 2. The van der Waals surface area contributed by atoms with Gasteiger partial charge in [-0.2, -0.15) is 5.26 Å². The monoisotopic (exact) mass is 466 g/mol. The minimum Gasteiger partial charge on any atom is -0.393 e. The maximum atomic E-state index is 14.2. The molecule has 0 aliphatic heterocycles. The van der Waals surface area contributed by atoms with Crippen LogP contribution in [0.4, 0.5) is 10.1 Å². The number of pyridine rings is 2. The van der Waals surface area contributed by atoms with E-state index in [9.17, 15) is 19.4 Å². The molecule has 3 heterocycles. The molecule has 1 aliphatic rings. The second-order valence-electron chi connectivity index (χ2n) is 9.16. The van der Waals surface area contributed by atoms with Crippen LogP contribution in [-0.2, 0) is 0 Å². The summed E-state index contributed by atoms with van der Waals surface area (Å²) in [5, 5.41) is 35.4. The van der Waals surface area contributed by atoms with Gasteiger partial charge in [-0.05, 0) is 45.2 Å². The predicted octanol–water partition coefficient (Wildman–Crippen LogP) is 2.46. The number of halogens is 1. The normalized spacial score (nSPS) is 19.1. The number of hydrogen-bond donors (Lipinski definition) is 4. The Morgan fingerprint density at radius 3 is 2.82 bits per heavy atom. The minimum atomic E-state index is -1.64. The fourth-order valence-electron chi connectivity index (χ4n) is 3.98. The van der Waals surface area contributed by atoms with Gasteiger partial charge in [-0.25, -0.2) is 14.4 Å². The van der Waals surface area contributed by atoms with Gasteiger partial charge in [-0.1, -0.05) is 0 Å². The zero-order valence-electron chi connectivity index (χ0n) is 19.0. The lowest BCUT2D eigenvalue weighted by atomic mass is 10.0. The van der Waals surface area contributed by atoms with E-state index in [4.69, 9.17) is 5.26 Å². The van der Waals surface area contributed by atoms with Crippen LogP contribution < -0.4 is 10.6 Å². The first-order valence-electron chi connectivity index (χ1n) is 11.1. The van der Waals surface area contributed by atoms with Crippen LogP contribution in [0.15, 0.2) is 36.8 Å². The third kappa shape index (κ3) is 5.00. The van der Waals surface area contributed by atoms with E-state index < -0.39 is 23.8 Å². The Morgan fingerprint density at radius 2 is 2.15 bits per heavy atom. The van der Waals surface area contributed by atoms with E-state index in [0.29, 0.717) is 35.6 Å². The Kier molecular flexibility index (Phi) is 6.50. The van der Waals surface area contributed by atoms with Crippen LogP contribution in [0, 0.1) is 11.3 Å². The maximum absolute atomic E-state index is 14.2. The summed E-state index contributed by atoms with van der Waals surface area (Å²) in [6.07, 6.45) is 4.59. The molecule has 1 fully saturated rings. The van der Waals surface area contributed by atoms with E-state index in [0.717, 1.165) is 11.8 Å². The number of nitrogens with one attached hydrogen (secondary N) is 2. The number of alkyl halides is 1. The summed E-state index contributed by atoms with van der Waals surface area (Å²) in [7, 11) is 0. The molecule has 0 spiro atoms. The summed E-state index contributed by atoms with van der Waals surface area (Å²) < 4.78 is 15.9. The van der Waals surface area contributed by atoms with Gasteiger partial charge in [0.1, 0.15) is 23.7 Å². The minimum absolute atomic E-state index is 0.0279. The van der Waals surface area contributed by atoms with Crippen molar-refractivity contribution in [1.29, 1.82) is 5.26 Å². The number of anilines is 1. The summed E-state index contributed by atoms with van der Waals surface area (Å²) in [6, 6.07) is 7.30. The SMILES string of the molecule is CC(C)(O)C(F)CNC(=O)c1cnc(-n2ccc3cc(C#N)cnc32)cc1NC1CCC(O)C1. The van der Waals surface area contributed by atoms with Gasteiger partial charge in [0.15, 0.2) is 0 Å². The van der Waals surface area contributed by atoms with Gasteiger partial charge in [0.2, 0.25) is 0 Å². The number of rotatable bonds is 7. The zero-order valence-corrected chi connectivity index (χ0v) is 19.0. The van der Waals surface area contributed by atoms with Gasteiger partial charge in [-0.3, -0.25) is 9.36 Å². The molecular weight excluding hydrogens is 439 g/mol. The standard InChI is InChI=1S/C24H27FN6O3/c1-24(2,34)20(25)13-29-23(33)18-12-27-21(9-19(18)30-16-3-4-17(32)8-16)31-6-5-15-7-14(10-26)11-28-22(15)31/h5-7,9,11-12,16-17,20,32,34H,3-4,8,13H2,1-2H3,(H,27,30)(H,29,33). The van der Waals surface area contributed by atoms with Crippen molar-refractivity contribution in [2.24, 2.45) is 0 Å². The van der Waals surface area contributed by atoms with Crippen LogP contribution in [0.25, 0.3) is 16.9 Å². The summed E-state index contributed by atoms with van der Waals surface area (Å²) >= 11 is 0. The molecule has 3 unspecified atom stereocenters. The predicted molar refractivity (Wildman–Crippen MR) is 124 cm³/mol. The largest absolute Gasteiger partial charge is 0.393 e. The molecule has 3 aromatic heterocycles. The fraction of sp³-hybridized carbons (Fsp3) is 0.417. The van der Waals surface area contributed by atoms with Crippen molar-refractivity contribution < 1.29 is 19.4 Å². The van der Waals surface area contributed by atoms with Gasteiger partial charge in [0.25, 0.3) is 5.91 Å². The summed E-state index contributed by atoms with van der Waals surface area (Å²) in [5.41, 5.74) is 0.200. The van der Waals surface area contributed by atoms with Crippen LogP contribution in [0.3, 0.4) is 0 Å². The molecular formula is C24H27FN6O3. The average molecular weight is 467 g/mol. The fourth-order valence-corrected chi connectivity index (χ4v) is 3.98. The van der Waals surface area contributed by atoms with Crippen molar-refractivity contribution >= 4 is 22.6 Å². The molecule has 0 aromatic carbocycles. The lowest BCUT2D eigenvalue weighted by Crippen LogP contribution is -2.42. The molecule has 34 heavy (non-hydrogen) atoms.